The molecule has 4 nitrogen and oxygen atoms in total. The highest BCUT2D eigenvalue weighted by molar-refractivity contribution is 14.0. The molecular weight excluding hydrogens is 389 g/mol. The first-order valence-electron chi connectivity index (χ1n) is 6.44. The van der Waals surface area contributed by atoms with Crippen LogP contribution in [0.5, 0.6) is 0 Å². The molecule has 0 aliphatic carbocycles. The summed E-state index contributed by atoms with van der Waals surface area (Å²) in [6.45, 7) is 2.40. The molecule has 0 saturated carbocycles. The van der Waals surface area contributed by atoms with Crippen LogP contribution >= 0.6 is 35.6 Å². The second-order valence-electron chi connectivity index (χ2n) is 4.11. The van der Waals surface area contributed by atoms with Crippen molar-refractivity contribution in [1.29, 1.82) is 0 Å². The number of methoxy groups -OCH3 is 1. The number of benzene rings is 1. The van der Waals surface area contributed by atoms with Crippen LogP contribution in [0.4, 0.5) is 0 Å². The molecule has 0 radical (unpaired) electrons. The Labute approximate surface area is 143 Å². The number of hydrogen-bond donors (Lipinski definition) is 2. The third-order valence-electron chi connectivity index (χ3n) is 2.69. The van der Waals surface area contributed by atoms with Crippen LogP contribution < -0.4 is 10.6 Å². The van der Waals surface area contributed by atoms with Gasteiger partial charge in [0.15, 0.2) is 5.96 Å². The molecule has 0 amide bonds. The highest BCUT2D eigenvalue weighted by Crippen LogP contribution is 2.14. The van der Waals surface area contributed by atoms with E-state index in [9.17, 15) is 0 Å². The molecule has 0 fully saturated rings. The highest BCUT2D eigenvalue weighted by Gasteiger charge is 2.00. The SMILES string of the molecule is CN=C(NCCCOC)NCCc1ccccc1Cl.I. The van der Waals surface area contributed by atoms with Crippen molar-refractivity contribution in [2.24, 2.45) is 4.99 Å². The molecule has 0 bridgehead atoms. The van der Waals surface area contributed by atoms with Crippen molar-refractivity contribution in [3.63, 3.8) is 0 Å². The molecule has 20 heavy (non-hydrogen) atoms. The predicted molar refractivity (Wildman–Crippen MR) is 96.4 cm³/mol. The van der Waals surface area contributed by atoms with Crippen LogP contribution in [-0.4, -0.2) is 39.8 Å². The van der Waals surface area contributed by atoms with Gasteiger partial charge in [-0.3, -0.25) is 4.99 Å². The Morgan fingerprint density at radius 3 is 2.60 bits per heavy atom. The van der Waals surface area contributed by atoms with Crippen molar-refractivity contribution >= 4 is 41.5 Å². The number of rotatable bonds is 7. The van der Waals surface area contributed by atoms with Crippen molar-refractivity contribution < 1.29 is 4.74 Å². The summed E-state index contributed by atoms with van der Waals surface area (Å²) in [6, 6.07) is 7.89. The van der Waals surface area contributed by atoms with Crippen molar-refractivity contribution in [2.75, 3.05) is 33.9 Å². The summed E-state index contributed by atoms with van der Waals surface area (Å²) in [5, 5.41) is 7.30. The molecule has 0 saturated heterocycles. The molecule has 0 heterocycles. The first kappa shape index (κ1) is 19.5. The smallest absolute Gasteiger partial charge is 0.190 e. The van der Waals surface area contributed by atoms with E-state index in [2.05, 4.69) is 15.6 Å². The Bertz CT molecular complexity index is 402. The maximum Gasteiger partial charge on any atom is 0.190 e. The summed E-state index contributed by atoms with van der Waals surface area (Å²) < 4.78 is 4.99. The lowest BCUT2D eigenvalue weighted by atomic mass is 10.1. The van der Waals surface area contributed by atoms with Gasteiger partial charge in [0.1, 0.15) is 0 Å². The fourth-order valence-electron chi connectivity index (χ4n) is 1.66. The fraction of sp³-hybridized carbons (Fsp3) is 0.500. The van der Waals surface area contributed by atoms with Gasteiger partial charge < -0.3 is 15.4 Å². The minimum Gasteiger partial charge on any atom is -0.385 e. The van der Waals surface area contributed by atoms with Crippen LogP contribution in [-0.2, 0) is 11.2 Å². The van der Waals surface area contributed by atoms with E-state index in [4.69, 9.17) is 16.3 Å². The third-order valence-corrected chi connectivity index (χ3v) is 3.05. The van der Waals surface area contributed by atoms with Gasteiger partial charge in [0.05, 0.1) is 0 Å². The van der Waals surface area contributed by atoms with Gasteiger partial charge in [-0.15, -0.1) is 24.0 Å². The topological polar surface area (TPSA) is 45.7 Å². The number of guanidine groups is 1. The summed E-state index contributed by atoms with van der Waals surface area (Å²) in [7, 11) is 3.47. The quantitative estimate of drug-likeness (QED) is 0.314. The lowest BCUT2D eigenvalue weighted by Gasteiger charge is -2.12. The molecule has 0 aliphatic heterocycles. The van der Waals surface area contributed by atoms with Gasteiger partial charge in [-0.25, -0.2) is 0 Å². The van der Waals surface area contributed by atoms with E-state index in [0.29, 0.717) is 0 Å². The Kier molecular flexibility index (Phi) is 11.9. The number of nitrogens with zero attached hydrogens (tertiary/aromatic N) is 1. The molecular formula is C14H23ClIN3O. The number of halogens is 2. The van der Waals surface area contributed by atoms with Gasteiger partial charge in [-0.2, -0.15) is 0 Å². The Hall–Kier alpha value is -0.530. The minimum atomic E-state index is 0. The zero-order valence-electron chi connectivity index (χ0n) is 12.0. The lowest BCUT2D eigenvalue weighted by molar-refractivity contribution is 0.195. The van der Waals surface area contributed by atoms with Crippen molar-refractivity contribution in [3.8, 4) is 0 Å². The summed E-state index contributed by atoms with van der Waals surface area (Å²) in [6.07, 6.45) is 1.83. The molecule has 0 unspecified atom stereocenters. The van der Waals surface area contributed by atoms with E-state index in [1.165, 1.54) is 0 Å². The van der Waals surface area contributed by atoms with Crippen LogP contribution in [0.3, 0.4) is 0 Å². The molecule has 1 aromatic carbocycles. The summed E-state index contributed by atoms with van der Waals surface area (Å²) in [5.74, 6) is 0.808. The Morgan fingerprint density at radius 1 is 1.25 bits per heavy atom. The molecule has 0 aromatic heterocycles. The monoisotopic (exact) mass is 411 g/mol. The van der Waals surface area contributed by atoms with Gasteiger partial charge in [0.25, 0.3) is 0 Å². The molecule has 0 spiro atoms. The van der Waals surface area contributed by atoms with Crippen molar-refractivity contribution in [1.82, 2.24) is 10.6 Å². The first-order chi connectivity index (χ1) is 9.27. The largest absolute Gasteiger partial charge is 0.385 e. The molecule has 6 heteroatoms. The van der Waals surface area contributed by atoms with Crippen LogP contribution in [0.15, 0.2) is 29.3 Å². The van der Waals surface area contributed by atoms with Crippen LogP contribution in [0.25, 0.3) is 0 Å². The zero-order valence-corrected chi connectivity index (χ0v) is 15.1. The molecule has 0 aliphatic rings. The molecule has 2 N–H and O–H groups in total. The van der Waals surface area contributed by atoms with Crippen molar-refractivity contribution in [3.05, 3.63) is 34.9 Å². The van der Waals surface area contributed by atoms with Gasteiger partial charge in [0.2, 0.25) is 0 Å². The molecule has 0 atom stereocenters. The van der Waals surface area contributed by atoms with E-state index < -0.39 is 0 Å². The van der Waals surface area contributed by atoms with E-state index >= 15 is 0 Å². The maximum atomic E-state index is 6.10. The minimum absolute atomic E-state index is 0. The van der Waals surface area contributed by atoms with Gasteiger partial charge in [0, 0.05) is 38.9 Å². The second-order valence-corrected chi connectivity index (χ2v) is 4.52. The highest BCUT2D eigenvalue weighted by atomic mass is 127. The third kappa shape index (κ3) is 7.91. The molecule has 114 valence electrons. The second kappa shape index (κ2) is 12.2. The Balaban J connectivity index is 0.00000361. The molecule has 1 rings (SSSR count). The number of nitrogens with one attached hydrogen (secondary N) is 2. The zero-order chi connectivity index (χ0) is 13.9. The van der Waals surface area contributed by atoms with Gasteiger partial charge in [-0.1, -0.05) is 29.8 Å². The molecule has 1 aromatic rings. The summed E-state index contributed by atoms with van der Waals surface area (Å²) in [5.41, 5.74) is 1.14. The standard InChI is InChI=1S/C14H22ClN3O.HI/c1-16-14(17-9-5-11-19-2)18-10-8-12-6-3-4-7-13(12)15;/h3-4,6-7H,5,8-11H2,1-2H3,(H2,16,17,18);1H. The summed E-state index contributed by atoms with van der Waals surface area (Å²) >= 11 is 6.10. The van der Waals surface area contributed by atoms with Gasteiger partial charge >= 0.3 is 0 Å². The van der Waals surface area contributed by atoms with Gasteiger partial charge in [-0.05, 0) is 24.5 Å². The average Bonchev–Trinajstić information content (AvgIpc) is 2.43. The average molecular weight is 412 g/mol. The number of ether oxygens (including phenoxy) is 1. The Morgan fingerprint density at radius 2 is 1.95 bits per heavy atom. The van der Waals surface area contributed by atoms with Crippen LogP contribution in [0.1, 0.15) is 12.0 Å². The number of hydrogen-bond acceptors (Lipinski definition) is 2. The van der Waals surface area contributed by atoms with E-state index in [0.717, 1.165) is 49.1 Å². The predicted octanol–water partition coefficient (Wildman–Crippen LogP) is 2.70. The maximum absolute atomic E-state index is 6.10. The fourth-order valence-corrected chi connectivity index (χ4v) is 1.89. The summed E-state index contributed by atoms with van der Waals surface area (Å²) in [4.78, 5) is 4.16. The normalized spacial score (nSPS) is 10.8. The van der Waals surface area contributed by atoms with Crippen molar-refractivity contribution in [2.45, 2.75) is 12.8 Å². The lowest BCUT2D eigenvalue weighted by Crippen LogP contribution is -2.39. The number of aliphatic imine (C=N–C) groups is 1. The van der Waals surface area contributed by atoms with Crippen LogP contribution in [0, 0.1) is 0 Å². The van der Waals surface area contributed by atoms with Crippen LogP contribution in [0.2, 0.25) is 5.02 Å². The van der Waals surface area contributed by atoms with E-state index in [-0.39, 0.29) is 24.0 Å². The first-order valence-corrected chi connectivity index (χ1v) is 6.82. The van der Waals surface area contributed by atoms with E-state index in [1.807, 2.05) is 24.3 Å². The van der Waals surface area contributed by atoms with E-state index in [1.54, 1.807) is 14.2 Å².